The number of nitrogens with one attached hydrogen (secondary N) is 2. The van der Waals surface area contributed by atoms with Crippen LogP contribution in [0.3, 0.4) is 0 Å². The molecule has 4 rings (SSSR count). The largest absolute Gasteiger partial charge is 0.396 e. The van der Waals surface area contributed by atoms with Gasteiger partial charge >= 0.3 is 0 Å². The van der Waals surface area contributed by atoms with Crippen molar-refractivity contribution < 1.29 is 4.79 Å². The van der Waals surface area contributed by atoms with E-state index in [2.05, 4.69) is 32.1 Å². The Kier molecular flexibility index (Phi) is 4.22. The van der Waals surface area contributed by atoms with Crippen LogP contribution in [0.25, 0.3) is 16.7 Å². The molecule has 0 aliphatic heterocycles. The van der Waals surface area contributed by atoms with Gasteiger partial charge in [0.25, 0.3) is 5.91 Å². The van der Waals surface area contributed by atoms with Gasteiger partial charge in [-0.3, -0.25) is 9.20 Å². The van der Waals surface area contributed by atoms with Crippen LogP contribution in [0.2, 0.25) is 0 Å². The number of hydrogen-bond donors (Lipinski definition) is 3. The van der Waals surface area contributed by atoms with Crippen LogP contribution in [0.5, 0.6) is 0 Å². The second-order valence-corrected chi connectivity index (χ2v) is 6.21. The summed E-state index contributed by atoms with van der Waals surface area (Å²) in [5, 5.41) is 2.82. The molecule has 0 fully saturated rings. The highest BCUT2D eigenvalue weighted by Crippen LogP contribution is 2.14. The predicted octanol–water partition coefficient (Wildman–Crippen LogP) is 2.27. The molecule has 134 valence electrons. The lowest BCUT2D eigenvalue weighted by molar-refractivity contribution is 0.0945. The first-order valence-corrected chi connectivity index (χ1v) is 8.57. The predicted molar refractivity (Wildman–Crippen MR) is 104 cm³/mol. The molecule has 0 atom stereocenters. The first-order chi connectivity index (χ1) is 13.1. The fourth-order valence-electron chi connectivity index (χ4n) is 2.83. The molecule has 0 aliphatic carbocycles. The monoisotopic (exact) mass is 358 g/mol. The van der Waals surface area contributed by atoms with Gasteiger partial charge in [-0.05, 0) is 42.7 Å². The van der Waals surface area contributed by atoms with Crippen LogP contribution in [0.1, 0.15) is 28.3 Å². The van der Waals surface area contributed by atoms with Gasteiger partial charge in [0.15, 0.2) is 11.5 Å². The summed E-state index contributed by atoms with van der Waals surface area (Å²) in [4.78, 5) is 23.8. The molecule has 0 bridgehead atoms. The molecule has 0 spiro atoms. The van der Waals surface area contributed by atoms with Crippen molar-refractivity contribution in [2.45, 2.75) is 13.3 Å². The SMILES string of the molecule is Cc1ccc2nc(C(=O)NCCC#Cc3cnc4c(N)cccn34)[nH]c2c1. The molecule has 1 aromatic carbocycles. The zero-order chi connectivity index (χ0) is 18.8. The topological polar surface area (TPSA) is 101 Å². The van der Waals surface area contributed by atoms with Crippen LogP contribution in [0, 0.1) is 18.8 Å². The van der Waals surface area contributed by atoms with Gasteiger partial charge in [0, 0.05) is 19.2 Å². The lowest BCUT2D eigenvalue weighted by Crippen LogP contribution is -2.25. The van der Waals surface area contributed by atoms with E-state index in [4.69, 9.17) is 5.73 Å². The second-order valence-electron chi connectivity index (χ2n) is 6.21. The quantitative estimate of drug-likeness (QED) is 0.386. The van der Waals surface area contributed by atoms with Crippen LogP contribution < -0.4 is 11.1 Å². The number of nitrogens with two attached hydrogens (primary N) is 1. The molecule has 4 aromatic rings. The summed E-state index contributed by atoms with van der Waals surface area (Å²) >= 11 is 0. The van der Waals surface area contributed by atoms with Crippen LogP contribution in [0.4, 0.5) is 5.69 Å². The highest BCUT2D eigenvalue weighted by molar-refractivity contribution is 5.94. The van der Waals surface area contributed by atoms with E-state index in [0.29, 0.717) is 30.1 Å². The summed E-state index contributed by atoms with van der Waals surface area (Å²) in [5.41, 5.74) is 10.7. The second kappa shape index (κ2) is 6.84. The van der Waals surface area contributed by atoms with E-state index in [9.17, 15) is 4.79 Å². The van der Waals surface area contributed by atoms with Crippen molar-refractivity contribution in [1.29, 1.82) is 0 Å². The molecule has 1 amide bonds. The number of aromatic nitrogens is 4. The van der Waals surface area contributed by atoms with Gasteiger partial charge < -0.3 is 16.0 Å². The standard InChI is InChI=1S/C20H18N6O/c1-13-7-8-16-17(11-13)25-18(24-16)20(27)22-9-3-2-5-14-12-23-19-15(21)6-4-10-26(14)19/h4,6-8,10-12H,3,9,21H2,1H3,(H,22,27)(H,24,25). The van der Waals surface area contributed by atoms with E-state index in [1.165, 1.54) is 0 Å². The van der Waals surface area contributed by atoms with Crippen LogP contribution >= 0.6 is 0 Å². The number of aromatic amines is 1. The number of nitrogen functional groups attached to an aromatic ring is 1. The lowest BCUT2D eigenvalue weighted by Gasteiger charge is -1.99. The van der Waals surface area contributed by atoms with Gasteiger partial charge in [-0.1, -0.05) is 12.0 Å². The summed E-state index contributed by atoms with van der Waals surface area (Å²) in [5.74, 6) is 6.16. The average Bonchev–Trinajstić information content (AvgIpc) is 3.26. The zero-order valence-corrected chi connectivity index (χ0v) is 14.8. The molecule has 0 aliphatic rings. The molecule has 0 saturated carbocycles. The Balaban J connectivity index is 1.37. The van der Waals surface area contributed by atoms with Crippen LogP contribution in [-0.2, 0) is 0 Å². The number of pyridine rings is 1. The first-order valence-electron chi connectivity index (χ1n) is 8.57. The van der Waals surface area contributed by atoms with Crippen molar-refractivity contribution in [2.24, 2.45) is 0 Å². The molecule has 0 unspecified atom stereocenters. The molecule has 7 heteroatoms. The smallest absolute Gasteiger partial charge is 0.287 e. The number of H-pyrrole nitrogens is 1. The van der Waals surface area contributed by atoms with E-state index < -0.39 is 0 Å². The fourth-order valence-corrected chi connectivity index (χ4v) is 2.83. The van der Waals surface area contributed by atoms with Crippen molar-refractivity contribution in [3.8, 4) is 11.8 Å². The minimum absolute atomic E-state index is 0.242. The number of hydrogen-bond acceptors (Lipinski definition) is 4. The third kappa shape index (κ3) is 3.33. The van der Waals surface area contributed by atoms with E-state index in [1.807, 2.05) is 41.8 Å². The maximum Gasteiger partial charge on any atom is 0.287 e. The summed E-state index contributed by atoms with van der Waals surface area (Å²) in [7, 11) is 0. The molecule has 4 N–H and O–H groups in total. The Morgan fingerprint density at radius 1 is 1.37 bits per heavy atom. The van der Waals surface area contributed by atoms with E-state index >= 15 is 0 Å². The number of aryl methyl sites for hydroxylation is 1. The molecule has 7 nitrogen and oxygen atoms in total. The molecular weight excluding hydrogens is 340 g/mol. The number of carbonyl (C=O) groups excluding carboxylic acids is 1. The Morgan fingerprint density at radius 3 is 3.15 bits per heavy atom. The van der Waals surface area contributed by atoms with Gasteiger partial charge in [-0.15, -0.1) is 0 Å². The fraction of sp³-hybridized carbons (Fsp3) is 0.150. The molecule has 0 radical (unpaired) electrons. The molecule has 27 heavy (non-hydrogen) atoms. The number of fused-ring (bicyclic) bond motifs is 2. The van der Waals surface area contributed by atoms with Gasteiger partial charge in [0.2, 0.25) is 0 Å². The number of anilines is 1. The number of carbonyl (C=O) groups is 1. The summed E-state index contributed by atoms with van der Waals surface area (Å²) in [6, 6.07) is 9.48. The summed E-state index contributed by atoms with van der Waals surface area (Å²) < 4.78 is 1.84. The first kappa shape index (κ1) is 16.7. The molecule has 0 saturated heterocycles. The minimum atomic E-state index is -0.242. The van der Waals surface area contributed by atoms with Gasteiger partial charge in [0.1, 0.15) is 5.69 Å². The van der Waals surface area contributed by atoms with Gasteiger partial charge in [-0.2, -0.15) is 0 Å². The molecule has 3 heterocycles. The van der Waals surface area contributed by atoms with E-state index in [-0.39, 0.29) is 5.91 Å². The Labute approximate surface area is 155 Å². The maximum atomic E-state index is 12.2. The van der Waals surface area contributed by atoms with Crippen molar-refractivity contribution in [3.05, 3.63) is 59.8 Å². The number of amides is 1. The Hall–Kier alpha value is -3.79. The van der Waals surface area contributed by atoms with Crippen LogP contribution in [0.15, 0.2) is 42.7 Å². The number of benzene rings is 1. The minimum Gasteiger partial charge on any atom is -0.396 e. The molecule has 3 aromatic heterocycles. The lowest BCUT2D eigenvalue weighted by atomic mass is 10.2. The van der Waals surface area contributed by atoms with Crippen molar-refractivity contribution in [2.75, 3.05) is 12.3 Å². The average molecular weight is 358 g/mol. The normalized spacial score (nSPS) is 10.7. The maximum absolute atomic E-state index is 12.2. The van der Waals surface area contributed by atoms with Crippen molar-refractivity contribution in [1.82, 2.24) is 24.7 Å². The van der Waals surface area contributed by atoms with Crippen LogP contribution in [-0.4, -0.2) is 31.8 Å². The number of nitrogens with zero attached hydrogens (tertiary/aromatic N) is 3. The number of imidazole rings is 2. The van der Waals surface area contributed by atoms with Gasteiger partial charge in [-0.25, -0.2) is 9.97 Å². The number of rotatable bonds is 3. The summed E-state index contributed by atoms with van der Waals surface area (Å²) in [6.07, 6.45) is 4.07. The third-order valence-corrected chi connectivity index (χ3v) is 4.17. The third-order valence-electron chi connectivity index (χ3n) is 4.17. The molecular formula is C20H18N6O. The highest BCUT2D eigenvalue weighted by Gasteiger charge is 2.10. The Bertz CT molecular complexity index is 1210. The highest BCUT2D eigenvalue weighted by atomic mass is 16.2. The Morgan fingerprint density at radius 2 is 2.26 bits per heavy atom. The summed E-state index contributed by atoms with van der Waals surface area (Å²) in [6.45, 7) is 2.43. The van der Waals surface area contributed by atoms with Gasteiger partial charge in [0.05, 0.1) is 22.9 Å². The van der Waals surface area contributed by atoms with E-state index in [0.717, 1.165) is 22.3 Å². The van der Waals surface area contributed by atoms with Crippen molar-refractivity contribution in [3.63, 3.8) is 0 Å². The van der Waals surface area contributed by atoms with E-state index in [1.54, 1.807) is 12.3 Å². The van der Waals surface area contributed by atoms with Crippen molar-refractivity contribution >= 4 is 28.3 Å². The zero-order valence-electron chi connectivity index (χ0n) is 14.8.